The molecule has 4 aromatic rings. The Morgan fingerprint density at radius 2 is 1.89 bits per heavy atom. The summed E-state index contributed by atoms with van der Waals surface area (Å²) in [6, 6.07) is 23.7. The average Bonchev–Trinajstić information content (AvgIpc) is 3.67. The zero-order chi connectivity index (χ0) is 31.9. The highest BCUT2D eigenvalue weighted by Gasteiger charge is 2.66. The van der Waals surface area contributed by atoms with Crippen molar-refractivity contribution in [3.8, 4) is 5.75 Å². The minimum Gasteiger partial charge on any atom is -0.497 e. The number of fused-ring (bicyclic) bond motifs is 2. The number of benzene rings is 3. The smallest absolute Gasteiger partial charge is 0.264 e. The lowest BCUT2D eigenvalue weighted by atomic mass is 9.82. The number of aromatic nitrogens is 3. The minimum atomic E-state index is -2.83. The summed E-state index contributed by atoms with van der Waals surface area (Å²) in [6.07, 6.45) is 2.01. The third-order valence-corrected chi connectivity index (χ3v) is 12.5. The van der Waals surface area contributed by atoms with Crippen LogP contribution in [-0.4, -0.2) is 58.9 Å². The standard InChI is InChI=1S/C34H39IN4O5Si/c1-22-32(45(3,4)42)31(15-16-38-20-29(36-37-38)27(21-40)24-10-6-5-7-11-24)44-34(22)28-18-26(43-2)13-14-30(28)39(33(34)41)19-23-9-8-12-25(35)17-23/h5-14,17-18,20,22,27,31-32,40,42H,15-16,19,21H2,1-4H3/t22-,27?,31+,32-,34+/m1/s1. The van der Waals surface area contributed by atoms with Gasteiger partial charge in [-0.1, -0.05) is 54.6 Å². The molecule has 11 heteroatoms. The van der Waals surface area contributed by atoms with E-state index < -0.39 is 13.9 Å². The van der Waals surface area contributed by atoms with Gasteiger partial charge in [0.2, 0.25) is 0 Å². The van der Waals surface area contributed by atoms with Crippen molar-refractivity contribution in [3.05, 3.63) is 105 Å². The van der Waals surface area contributed by atoms with E-state index in [9.17, 15) is 14.7 Å². The van der Waals surface area contributed by atoms with Crippen molar-refractivity contribution in [2.24, 2.45) is 5.92 Å². The van der Waals surface area contributed by atoms with Crippen LogP contribution in [0.3, 0.4) is 0 Å². The number of hydrogen-bond acceptors (Lipinski definition) is 7. The summed E-state index contributed by atoms with van der Waals surface area (Å²) < 4.78 is 15.5. The third kappa shape index (κ3) is 5.84. The van der Waals surface area contributed by atoms with Gasteiger partial charge in [-0.05, 0) is 83.6 Å². The lowest BCUT2D eigenvalue weighted by molar-refractivity contribution is -0.146. The molecule has 0 saturated carbocycles. The molecule has 3 heterocycles. The van der Waals surface area contributed by atoms with Gasteiger partial charge in [-0.2, -0.15) is 0 Å². The Morgan fingerprint density at radius 3 is 2.58 bits per heavy atom. The van der Waals surface area contributed by atoms with E-state index in [-0.39, 0.29) is 36.0 Å². The van der Waals surface area contributed by atoms with Crippen molar-refractivity contribution >= 4 is 42.5 Å². The predicted molar refractivity (Wildman–Crippen MR) is 183 cm³/mol. The molecule has 0 aliphatic carbocycles. The Morgan fingerprint density at radius 1 is 1.11 bits per heavy atom. The second-order valence-electron chi connectivity index (χ2n) is 12.6. The number of carbonyl (C=O) groups excluding carboxylic acids is 1. The van der Waals surface area contributed by atoms with E-state index in [4.69, 9.17) is 9.47 Å². The number of hydrogen-bond donors (Lipinski definition) is 2. The SMILES string of the molecule is COc1ccc2c(c1)[C@]1(O[C@@H](CCn3cc(C(CO)c4ccccc4)nn3)[C@H]([Si](C)(C)O)[C@H]1C)C(=O)N2Cc1cccc(I)c1. The van der Waals surface area contributed by atoms with Crippen LogP contribution >= 0.6 is 22.6 Å². The maximum Gasteiger partial charge on any atom is 0.264 e. The van der Waals surface area contributed by atoms with Crippen LogP contribution in [0.5, 0.6) is 5.75 Å². The molecule has 0 radical (unpaired) electrons. The second-order valence-corrected chi connectivity index (χ2v) is 17.8. The number of amides is 1. The first-order valence-electron chi connectivity index (χ1n) is 15.3. The molecule has 1 amide bonds. The quantitative estimate of drug-likeness (QED) is 0.165. The lowest BCUT2D eigenvalue weighted by Gasteiger charge is -2.32. The second kappa shape index (κ2) is 12.6. The van der Waals surface area contributed by atoms with Crippen LogP contribution in [0.1, 0.15) is 41.6 Å². The molecular weight excluding hydrogens is 699 g/mol. The molecule has 2 aliphatic rings. The summed E-state index contributed by atoms with van der Waals surface area (Å²) in [7, 11) is -1.21. The molecule has 1 aromatic heterocycles. The average molecular weight is 739 g/mol. The van der Waals surface area contributed by atoms with Gasteiger partial charge in [0.15, 0.2) is 13.9 Å². The minimum absolute atomic E-state index is 0.0789. The van der Waals surface area contributed by atoms with E-state index in [0.717, 1.165) is 25.9 Å². The summed E-state index contributed by atoms with van der Waals surface area (Å²) in [4.78, 5) is 28.1. The van der Waals surface area contributed by atoms with E-state index in [1.807, 2.05) is 97.8 Å². The lowest BCUT2D eigenvalue weighted by Crippen LogP contribution is -2.46. The number of rotatable bonds is 10. The Balaban J connectivity index is 1.31. The fraction of sp³-hybridized carbons (Fsp3) is 0.382. The summed E-state index contributed by atoms with van der Waals surface area (Å²) in [6.45, 7) is 6.73. The van der Waals surface area contributed by atoms with Crippen molar-refractivity contribution in [1.82, 2.24) is 15.0 Å². The van der Waals surface area contributed by atoms with Crippen LogP contribution in [-0.2, 0) is 28.2 Å². The van der Waals surface area contributed by atoms with Gasteiger partial charge in [-0.3, -0.25) is 9.48 Å². The van der Waals surface area contributed by atoms with Crippen molar-refractivity contribution < 1.29 is 24.2 Å². The summed E-state index contributed by atoms with van der Waals surface area (Å²) in [5.74, 6) is -0.0135. The number of methoxy groups -OCH3 is 1. The van der Waals surface area contributed by atoms with Gasteiger partial charge >= 0.3 is 0 Å². The number of anilines is 1. The van der Waals surface area contributed by atoms with Gasteiger partial charge < -0.3 is 24.3 Å². The Kier molecular flexibility index (Phi) is 8.92. The molecule has 6 rings (SSSR count). The fourth-order valence-corrected chi connectivity index (χ4v) is 10.5. The van der Waals surface area contributed by atoms with Gasteiger partial charge in [0, 0.05) is 33.3 Å². The van der Waals surface area contributed by atoms with Crippen LogP contribution < -0.4 is 9.64 Å². The largest absolute Gasteiger partial charge is 0.497 e. The molecule has 1 saturated heterocycles. The fourth-order valence-electron chi connectivity index (χ4n) is 7.33. The number of aliphatic hydroxyl groups excluding tert-OH is 1. The number of aliphatic hydroxyl groups is 1. The number of nitrogens with zero attached hydrogens (tertiary/aromatic N) is 4. The normalized spacial score (nSPS) is 23.5. The van der Waals surface area contributed by atoms with E-state index in [0.29, 0.717) is 31.0 Å². The highest BCUT2D eigenvalue weighted by atomic mass is 127. The van der Waals surface area contributed by atoms with Crippen LogP contribution in [0.2, 0.25) is 18.6 Å². The Hall–Kier alpha value is -3.10. The molecule has 2 aliphatic heterocycles. The molecular formula is C34H39IN4O5Si. The maximum absolute atomic E-state index is 14.7. The molecule has 1 unspecified atom stereocenters. The first-order valence-corrected chi connectivity index (χ1v) is 19.4. The first kappa shape index (κ1) is 31.9. The van der Waals surface area contributed by atoms with Crippen LogP contribution in [0.25, 0.3) is 0 Å². The molecule has 1 fully saturated rings. The third-order valence-electron chi connectivity index (χ3n) is 9.36. The highest BCUT2D eigenvalue weighted by Crippen LogP contribution is 2.60. The number of carbonyl (C=O) groups is 1. The van der Waals surface area contributed by atoms with Crippen LogP contribution in [0.15, 0.2) is 79.0 Å². The Bertz CT molecular complexity index is 1680. The summed E-state index contributed by atoms with van der Waals surface area (Å²) in [5.41, 5.74) is 2.81. The molecule has 5 atom stereocenters. The molecule has 3 aromatic carbocycles. The molecule has 236 valence electrons. The van der Waals surface area contributed by atoms with Crippen molar-refractivity contribution in [2.45, 2.75) is 62.7 Å². The monoisotopic (exact) mass is 738 g/mol. The number of halogens is 1. The highest BCUT2D eigenvalue weighted by molar-refractivity contribution is 14.1. The Labute approximate surface area is 278 Å². The van der Waals surface area contributed by atoms with Gasteiger partial charge in [0.1, 0.15) is 5.75 Å². The van der Waals surface area contributed by atoms with Crippen LogP contribution in [0, 0.1) is 9.49 Å². The molecule has 0 bridgehead atoms. The zero-order valence-corrected chi connectivity index (χ0v) is 29.1. The summed E-state index contributed by atoms with van der Waals surface area (Å²) >= 11 is 2.29. The van der Waals surface area contributed by atoms with Crippen molar-refractivity contribution in [2.75, 3.05) is 18.6 Å². The van der Waals surface area contributed by atoms with Crippen LogP contribution in [0.4, 0.5) is 5.69 Å². The number of aryl methyl sites for hydroxylation is 1. The van der Waals surface area contributed by atoms with E-state index in [1.54, 1.807) is 11.8 Å². The molecule has 2 N–H and O–H groups in total. The number of ether oxygens (including phenoxy) is 2. The van der Waals surface area contributed by atoms with E-state index >= 15 is 0 Å². The predicted octanol–water partition coefficient (Wildman–Crippen LogP) is 5.45. The topological polar surface area (TPSA) is 110 Å². The maximum atomic E-state index is 14.7. The van der Waals surface area contributed by atoms with Crippen molar-refractivity contribution in [1.29, 1.82) is 0 Å². The van der Waals surface area contributed by atoms with Gasteiger partial charge in [0.05, 0.1) is 43.7 Å². The molecule has 9 nitrogen and oxygen atoms in total. The van der Waals surface area contributed by atoms with Gasteiger partial charge in [0.25, 0.3) is 5.91 Å². The summed E-state index contributed by atoms with van der Waals surface area (Å²) in [5, 5.41) is 18.9. The zero-order valence-electron chi connectivity index (χ0n) is 25.9. The van der Waals surface area contributed by atoms with E-state index in [1.165, 1.54) is 0 Å². The molecule has 1 spiro atoms. The van der Waals surface area contributed by atoms with E-state index in [2.05, 4.69) is 39.0 Å². The van der Waals surface area contributed by atoms with Gasteiger partial charge in [-0.15, -0.1) is 5.10 Å². The molecule has 45 heavy (non-hydrogen) atoms. The first-order chi connectivity index (χ1) is 21.6. The van der Waals surface area contributed by atoms with Crippen molar-refractivity contribution in [3.63, 3.8) is 0 Å². The van der Waals surface area contributed by atoms with Gasteiger partial charge in [-0.25, -0.2) is 0 Å².